The lowest BCUT2D eigenvalue weighted by molar-refractivity contribution is -0.142. The summed E-state index contributed by atoms with van der Waals surface area (Å²) >= 11 is 5.69. The number of carbonyl (C=O) groups excluding carboxylic acids is 1. The predicted molar refractivity (Wildman–Crippen MR) is 74.4 cm³/mol. The van der Waals surface area contributed by atoms with Crippen LogP contribution in [0.5, 0.6) is 5.75 Å². The largest absolute Gasteiger partial charge is 0.465 e. The van der Waals surface area contributed by atoms with Gasteiger partial charge in [0.15, 0.2) is 0 Å². The molecule has 106 valence electrons. The fourth-order valence-electron chi connectivity index (χ4n) is 1.19. The number of hydrogen-bond donors (Lipinski definition) is 1. The van der Waals surface area contributed by atoms with Crippen molar-refractivity contribution in [3.05, 3.63) is 30.3 Å². The highest BCUT2D eigenvalue weighted by molar-refractivity contribution is 7.84. The first-order valence-electron chi connectivity index (χ1n) is 5.98. The molecule has 0 aromatic heterocycles. The van der Waals surface area contributed by atoms with Gasteiger partial charge in [-0.15, -0.1) is 0 Å². The van der Waals surface area contributed by atoms with Gasteiger partial charge >= 0.3 is 12.8 Å². The second-order valence-corrected chi connectivity index (χ2v) is 6.59. The van der Waals surface area contributed by atoms with Gasteiger partial charge in [-0.2, -0.15) is 0 Å². The fraction of sp³-hybridized carbons (Fsp3) is 0.417. The first-order chi connectivity index (χ1) is 9.03. The van der Waals surface area contributed by atoms with Crippen molar-refractivity contribution in [2.45, 2.75) is 19.8 Å². The first-order valence-corrected chi connectivity index (χ1v) is 8.51. The molecule has 0 heterocycles. The Morgan fingerprint density at radius 1 is 1.37 bits per heavy atom. The Hall–Kier alpha value is -1.03. The van der Waals surface area contributed by atoms with E-state index < -0.39 is 12.8 Å². The van der Waals surface area contributed by atoms with E-state index in [1.165, 1.54) is 0 Å². The molecular weight excluding hydrogens is 289 g/mol. The molecule has 0 fully saturated rings. The smallest absolute Gasteiger partial charge is 0.409 e. The van der Waals surface area contributed by atoms with Crippen LogP contribution >= 0.6 is 18.1 Å². The van der Waals surface area contributed by atoms with Crippen LogP contribution in [0.1, 0.15) is 19.8 Å². The van der Waals surface area contributed by atoms with Crippen molar-refractivity contribution in [1.29, 1.82) is 0 Å². The third-order valence-corrected chi connectivity index (χ3v) is 3.69. The van der Waals surface area contributed by atoms with Crippen LogP contribution in [0, 0.1) is 0 Å². The molecule has 0 saturated heterocycles. The summed E-state index contributed by atoms with van der Waals surface area (Å²) in [5.41, 5.74) is 0. The number of halogens is 1. The lowest BCUT2D eigenvalue weighted by Gasteiger charge is -2.13. The number of unbranched alkanes of at least 4 members (excludes halogenated alkanes) is 1. The molecule has 0 aliphatic carbocycles. The second-order valence-electron chi connectivity index (χ2n) is 3.79. The summed E-state index contributed by atoms with van der Waals surface area (Å²) in [6.45, 7) is -1.50. The van der Waals surface area contributed by atoms with Gasteiger partial charge in [0.2, 0.25) is 0 Å². The number of nitrogens with one attached hydrogen (secondary N) is 1. The van der Waals surface area contributed by atoms with Crippen molar-refractivity contribution in [1.82, 2.24) is 5.09 Å². The van der Waals surface area contributed by atoms with E-state index in [9.17, 15) is 9.36 Å². The highest BCUT2D eigenvalue weighted by Gasteiger charge is 2.22. The Morgan fingerprint density at radius 3 is 2.68 bits per heavy atom. The molecule has 0 spiro atoms. The van der Waals surface area contributed by atoms with Gasteiger partial charge in [-0.25, -0.2) is 9.65 Å². The molecule has 1 aromatic rings. The molecule has 1 unspecified atom stereocenters. The molecule has 0 saturated carbocycles. The zero-order valence-corrected chi connectivity index (χ0v) is 12.3. The molecule has 19 heavy (non-hydrogen) atoms. The Bertz CT molecular complexity index is 441. The molecule has 0 aliphatic rings. The molecule has 5 nitrogen and oxygen atoms in total. The first kappa shape index (κ1) is 16.0. The number of benzene rings is 1. The summed E-state index contributed by atoms with van der Waals surface area (Å²) < 4.78 is 21.8. The van der Waals surface area contributed by atoms with Crippen molar-refractivity contribution in [2.75, 3.05) is 13.2 Å². The summed E-state index contributed by atoms with van der Waals surface area (Å²) in [6.07, 6.45) is 1.73. The molecule has 0 bridgehead atoms. The van der Waals surface area contributed by atoms with Crippen LogP contribution in [0.15, 0.2) is 30.3 Å². The summed E-state index contributed by atoms with van der Waals surface area (Å²) in [4.78, 5) is 11.3. The van der Waals surface area contributed by atoms with E-state index >= 15 is 0 Å². The topological polar surface area (TPSA) is 64.6 Å². The third-order valence-electron chi connectivity index (χ3n) is 2.14. The minimum atomic E-state index is -3.59. The van der Waals surface area contributed by atoms with E-state index in [1.807, 2.05) is 6.92 Å². The molecule has 0 radical (unpaired) electrons. The van der Waals surface area contributed by atoms with Crippen LogP contribution in [0.25, 0.3) is 0 Å². The molecule has 7 heteroatoms. The standard InChI is InChI=1S/C12H17ClNO4P/c1-2-3-9-17-12(15)10-14-19(13,16)18-11-7-5-4-6-8-11/h4-8H,2-3,9-10H2,1H3,(H,14,16). The molecule has 1 N–H and O–H groups in total. The van der Waals surface area contributed by atoms with Crippen molar-refractivity contribution in [3.8, 4) is 5.75 Å². The highest BCUT2D eigenvalue weighted by Crippen LogP contribution is 2.47. The van der Waals surface area contributed by atoms with E-state index in [-0.39, 0.29) is 6.54 Å². The maximum Gasteiger partial charge on any atom is 0.409 e. The molecule has 0 aliphatic heterocycles. The molecular formula is C12H17ClNO4P. The maximum atomic E-state index is 11.8. The van der Waals surface area contributed by atoms with Gasteiger partial charge in [-0.1, -0.05) is 31.5 Å². The van der Waals surface area contributed by atoms with Crippen LogP contribution in [0.4, 0.5) is 0 Å². The minimum Gasteiger partial charge on any atom is -0.465 e. The average Bonchev–Trinajstić information content (AvgIpc) is 2.38. The number of esters is 1. The average molecular weight is 306 g/mol. The van der Waals surface area contributed by atoms with Gasteiger partial charge in [0.05, 0.1) is 6.61 Å². The second kappa shape index (κ2) is 8.20. The number of para-hydroxylation sites is 1. The summed E-state index contributed by atoms with van der Waals surface area (Å²) in [5.74, 6) is -0.140. The number of hydrogen-bond acceptors (Lipinski definition) is 4. The van der Waals surface area contributed by atoms with Crippen molar-refractivity contribution in [2.24, 2.45) is 0 Å². The van der Waals surface area contributed by atoms with Crippen LogP contribution in [-0.4, -0.2) is 19.1 Å². The van der Waals surface area contributed by atoms with Crippen LogP contribution in [0.3, 0.4) is 0 Å². The maximum absolute atomic E-state index is 11.8. The Morgan fingerprint density at radius 2 is 2.05 bits per heavy atom. The highest BCUT2D eigenvalue weighted by atomic mass is 35.7. The van der Waals surface area contributed by atoms with Gasteiger partial charge in [-0.3, -0.25) is 4.79 Å². The van der Waals surface area contributed by atoms with Gasteiger partial charge in [-0.05, 0) is 18.6 Å². The monoisotopic (exact) mass is 305 g/mol. The zero-order valence-electron chi connectivity index (χ0n) is 10.7. The van der Waals surface area contributed by atoms with Crippen LogP contribution in [-0.2, 0) is 14.1 Å². The minimum absolute atomic E-state index is 0.253. The van der Waals surface area contributed by atoms with Gasteiger partial charge < -0.3 is 9.26 Å². The quantitative estimate of drug-likeness (QED) is 0.453. The number of rotatable bonds is 8. The van der Waals surface area contributed by atoms with Crippen LogP contribution < -0.4 is 9.61 Å². The summed E-state index contributed by atoms with van der Waals surface area (Å²) in [7, 11) is 0. The van der Waals surface area contributed by atoms with E-state index in [0.717, 1.165) is 12.8 Å². The Balaban J connectivity index is 2.34. The molecule has 1 aromatic carbocycles. The van der Waals surface area contributed by atoms with Gasteiger partial charge in [0.1, 0.15) is 12.3 Å². The van der Waals surface area contributed by atoms with Crippen LogP contribution in [0.2, 0.25) is 0 Å². The number of ether oxygens (including phenoxy) is 1. The van der Waals surface area contributed by atoms with Crippen molar-refractivity contribution < 1.29 is 18.6 Å². The van der Waals surface area contributed by atoms with E-state index in [4.69, 9.17) is 20.5 Å². The summed E-state index contributed by atoms with van der Waals surface area (Å²) in [5, 5.41) is 2.36. The van der Waals surface area contributed by atoms with Gasteiger partial charge in [0.25, 0.3) is 0 Å². The zero-order chi connectivity index (χ0) is 14.1. The number of carbonyl (C=O) groups is 1. The van der Waals surface area contributed by atoms with E-state index in [2.05, 4.69) is 5.09 Å². The van der Waals surface area contributed by atoms with Crippen molar-refractivity contribution in [3.63, 3.8) is 0 Å². The fourth-order valence-corrected chi connectivity index (χ4v) is 2.38. The summed E-state index contributed by atoms with van der Waals surface area (Å²) in [6, 6.07) is 8.49. The molecule has 0 amide bonds. The molecule has 1 rings (SSSR count). The lowest BCUT2D eigenvalue weighted by Crippen LogP contribution is -2.23. The predicted octanol–water partition coefficient (Wildman–Crippen LogP) is 3.35. The normalized spacial score (nSPS) is 13.6. The Kier molecular flexibility index (Phi) is 6.92. The van der Waals surface area contributed by atoms with Crippen molar-refractivity contribution >= 4 is 24.1 Å². The Labute approximate surface area is 117 Å². The van der Waals surface area contributed by atoms with Gasteiger partial charge in [0, 0.05) is 11.2 Å². The SMILES string of the molecule is CCCCOC(=O)CNP(=O)(Cl)Oc1ccccc1. The third kappa shape index (κ3) is 7.21. The van der Waals surface area contributed by atoms with E-state index in [1.54, 1.807) is 30.3 Å². The molecule has 1 atom stereocenters. The van der Waals surface area contributed by atoms with E-state index in [0.29, 0.717) is 12.4 Å². The lowest BCUT2D eigenvalue weighted by atomic mass is 10.3.